The van der Waals surface area contributed by atoms with Crippen LogP contribution in [0.1, 0.15) is 44.6 Å². The summed E-state index contributed by atoms with van der Waals surface area (Å²) in [5.41, 5.74) is 0.177. The zero-order chi connectivity index (χ0) is 15.1. The first-order valence-electron chi connectivity index (χ1n) is 7.60. The van der Waals surface area contributed by atoms with Crippen molar-refractivity contribution in [2.75, 3.05) is 0 Å². The van der Waals surface area contributed by atoms with Gasteiger partial charge in [-0.15, -0.1) is 0 Å². The Morgan fingerprint density at radius 3 is 2.62 bits per heavy atom. The highest BCUT2D eigenvalue weighted by molar-refractivity contribution is 5.93. The summed E-state index contributed by atoms with van der Waals surface area (Å²) in [5, 5.41) is 13.4. The van der Waals surface area contributed by atoms with Crippen LogP contribution in [0.25, 0.3) is 0 Å². The molecular formula is C17H23NO3. The topological polar surface area (TPSA) is 58.9 Å². The second-order valence-electron chi connectivity index (χ2n) is 5.81. The highest BCUT2D eigenvalue weighted by Gasteiger charge is 2.40. The first-order valence-corrected chi connectivity index (χ1v) is 7.60. The van der Waals surface area contributed by atoms with Crippen LogP contribution >= 0.6 is 0 Å². The Bertz CT molecular complexity index is 476. The van der Waals surface area contributed by atoms with Crippen LogP contribution in [-0.2, 0) is 16.2 Å². The first-order chi connectivity index (χ1) is 10.2. The number of aliphatic carboxylic acids is 1. The van der Waals surface area contributed by atoms with Crippen molar-refractivity contribution in [2.24, 2.45) is 16.5 Å². The quantitative estimate of drug-likeness (QED) is 0.639. The molecule has 1 fully saturated rings. The predicted octanol–water partition coefficient (Wildman–Crippen LogP) is 3.86. The van der Waals surface area contributed by atoms with Crippen LogP contribution in [0, 0.1) is 11.3 Å². The molecule has 0 saturated heterocycles. The molecule has 4 nitrogen and oxygen atoms in total. The summed E-state index contributed by atoms with van der Waals surface area (Å²) in [6.45, 7) is 2.53. The first kappa shape index (κ1) is 15.5. The molecule has 0 spiro atoms. The van der Waals surface area contributed by atoms with Crippen LogP contribution in [0.3, 0.4) is 0 Å². The van der Waals surface area contributed by atoms with Gasteiger partial charge in [-0.05, 0) is 37.2 Å². The van der Waals surface area contributed by atoms with Crippen LogP contribution in [0.5, 0.6) is 0 Å². The minimum absolute atomic E-state index is 0.366. The second kappa shape index (κ2) is 7.25. The van der Waals surface area contributed by atoms with Crippen molar-refractivity contribution in [3.05, 3.63) is 35.9 Å². The Kier molecular flexibility index (Phi) is 5.37. The van der Waals surface area contributed by atoms with Crippen molar-refractivity contribution >= 4 is 12.2 Å². The van der Waals surface area contributed by atoms with E-state index in [4.69, 9.17) is 4.84 Å². The number of rotatable bonds is 6. The van der Waals surface area contributed by atoms with Crippen molar-refractivity contribution in [1.82, 2.24) is 0 Å². The summed E-state index contributed by atoms with van der Waals surface area (Å²) in [5.74, 6) is -0.139. The molecule has 114 valence electrons. The average Bonchev–Trinajstić information content (AvgIpc) is 2.53. The van der Waals surface area contributed by atoms with Crippen LogP contribution in [0.15, 0.2) is 35.5 Å². The van der Waals surface area contributed by atoms with Gasteiger partial charge < -0.3 is 9.94 Å². The number of oxime groups is 1. The summed E-state index contributed by atoms with van der Waals surface area (Å²) < 4.78 is 0. The predicted molar refractivity (Wildman–Crippen MR) is 82.0 cm³/mol. The van der Waals surface area contributed by atoms with E-state index in [-0.39, 0.29) is 0 Å². The Morgan fingerprint density at radius 2 is 2.05 bits per heavy atom. The van der Waals surface area contributed by atoms with Gasteiger partial charge in [0.1, 0.15) is 12.0 Å². The van der Waals surface area contributed by atoms with Gasteiger partial charge >= 0.3 is 5.97 Å². The van der Waals surface area contributed by atoms with E-state index < -0.39 is 11.4 Å². The molecule has 2 rings (SSSR count). The molecule has 4 heteroatoms. The highest BCUT2D eigenvalue weighted by atomic mass is 16.6. The summed E-state index contributed by atoms with van der Waals surface area (Å²) >= 11 is 0. The number of hydrogen-bond acceptors (Lipinski definition) is 3. The maximum Gasteiger partial charge on any atom is 0.315 e. The van der Waals surface area contributed by atoms with Crippen LogP contribution < -0.4 is 0 Å². The lowest BCUT2D eigenvalue weighted by Crippen LogP contribution is -2.37. The zero-order valence-electron chi connectivity index (χ0n) is 12.5. The van der Waals surface area contributed by atoms with Gasteiger partial charge in [-0.25, -0.2) is 0 Å². The number of hydrogen-bond donors (Lipinski definition) is 1. The van der Waals surface area contributed by atoms with E-state index in [9.17, 15) is 9.90 Å². The van der Waals surface area contributed by atoms with Crippen LogP contribution in [0.4, 0.5) is 0 Å². The number of nitrogens with zero attached hydrogens (tertiary/aromatic N) is 1. The Morgan fingerprint density at radius 1 is 1.38 bits per heavy atom. The second-order valence-corrected chi connectivity index (χ2v) is 5.81. The third-order valence-corrected chi connectivity index (χ3v) is 4.45. The van der Waals surface area contributed by atoms with Gasteiger partial charge in [-0.2, -0.15) is 0 Å². The normalized spacial score (nSPS) is 25.9. The monoisotopic (exact) mass is 289 g/mol. The van der Waals surface area contributed by atoms with Gasteiger partial charge in [0.15, 0.2) is 0 Å². The van der Waals surface area contributed by atoms with Gasteiger partial charge in [0.05, 0.1) is 6.21 Å². The van der Waals surface area contributed by atoms with Crippen LogP contribution in [-0.4, -0.2) is 17.3 Å². The molecule has 0 aliphatic heterocycles. The van der Waals surface area contributed by atoms with Gasteiger partial charge in [-0.1, -0.05) is 48.8 Å². The molecule has 0 bridgehead atoms. The number of carbonyl (C=O) groups is 1. The van der Waals surface area contributed by atoms with E-state index in [1.807, 2.05) is 30.3 Å². The molecule has 0 aromatic heterocycles. The van der Waals surface area contributed by atoms with Crippen molar-refractivity contribution in [1.29, 1.82) is 0 Å². The zero-order valence-corrected chi connectivity index (χ0v) is 12.5. The molecule has 1 N–H and O–H groups in total. The third kappa shape index (κ3) is 4.06. The van der Waals surface area contributed by atoms with E-state index in [1.54, 1.807) is 0 Å². The fraction of sp³-hybridized carbons (Fsp3) is 0.529. The molecule has 0 atom stereocenters. The Hall–Kier alpha value is -1.84. The highest BCUT2D eigenvalue weighted by Crippen LogP contribution is 2.39. The van der Waals surface area contributed by atoms with Crippen molar-refractivity contribution in [3.8, 4) is 0 Å². The molecule has 0 heterocycles. The molecule has 1 aromatic carbocycles. The fourth-order valence-electron chi connectivity index (χ4n) is 2.82. The van der Waals surface area contributed by atoms with Gasteiger partial charge in [0.2, 0.25) is 0 Å². The largest absolute Gasteiger partial charge is 0.481 e. The van der Waals surface area contributed by atoms with Crippen molar-refractivity contribution < 1.29 is 14.7 Å². The van der Waals surface area contributed by atoms with E-state index >= 15 is 0 Å². The molecule has 1 aliphatic rings. The number of carboxylic acid groups (broad SMARTS) is 1. The summed E-state index contributed by atoms with van der Waals surface area (Å²) in [6.07, 6.45) is 5.83. The maximum absolute atomic E-state index is 11.6. The SMILES string of the molecule is CC[C@H]1CC[C@@](/C=N/OCc2ccccc2)(C(=O)O)CC1. The molecule has 21 heavy (non-hydrogen) atoms. The van der Waals surface area contributed by atoms with E-state index in [0.29, 0.717) is 25.4 Å². The summed E-state index contributed by atoms with van der Waals surface area (Å²) in [4.78, 5) is 16.8. The lowest BCUT2D eigenvalue weighted by atomic mass is 9.70. The van der Waals surface area contributed by atoms with E-state index in [0.717, 1.165) is 24.8 Å². The van der Waals surface area contributed by atoms with E-state index in [1.165, 1.54) is 6.21 Å². The standard InChI is InChI=1S/C17H23NO3/c1-2-14-8-10-17(11-9-14,16(19)20)13-18-21-12-15-6-4-3-5-7-15/h3-7,13-14H,2,8-12H2,1H3,(H,19,20)/b18-13+/t14-,17+. The molecule has 0 radical (unpaired) electrons. The molecular weight excluding hydrogens is 266 g/mol. The smallest absolute Gasteiger partial charge is 0.315 e. The third-order valence-electron chi connectivity index (χ3n) is 4.45. The molecule has 1 aromatic rings. The minimum Gasteiger partial charge on any atom is -0.481 e. The van der Waals surface area contributed by atoms with Crippen molar-refractivity contribution in [3.63, 3.8) is 0 Å². The number of benzene rings is 1. The van der Waals surface area contributed by atoms with Gasteiger partial charge in [-0.3, -0.25) is 4.79 Å². The lowest BCUT2D eigenvalue weighted by Gasteiger charge is -2.33. The summed E-state index contributed by atoms with van der Waals surface area (Å²) in [6, 6.07) is 9.72. The Balaban J connectivity index is 1.91. The Labute approximate surface area is 125 Å². The van der Waals surface area contributed by atoms with Gasteiger partial charge in [0.25, 0.3) is 0 Å². The molecule has 1 saturated carbocycles. The maximum atomic E-state index is 11.6. The number of carboxylic acids is 1. The van der Waals surface area contributed by atoms with E-state index in [2.05, 4.69) is 12.1 Å². The van der Waals surface area contributed by atoms with Crippen molar-refractivity contribution in [2.45, 2.75) is 45.6 Å². The molecule has 1 aliphatic carbocycles. The minimum atomic E-state index is -0.845. The lowest BCUT2D eigenvalue weighted by molar-refractivity contribution is -0.146. The summed E-state index contributed by atoms with van der Waals surface area (Å²) in [7, 11) is 0. The molecule has 0 unspecified atom stereocenters. The molecule has 0 amide bonds. The fourth-order valence-corrected chi connectivity index (χ4v) is 2.82. The van der Waals surface area contributed by atoms with Gasteiger partial charge in [0, 0.05) is 0 Å². The van der Waals surface area contributed by atoms with Crippen LogP contribution in [0.2, 0.25) is 0 Å². The average molecular weight is 289 g/mol.